The number of esters is 1. The fraction of sp³-hybridized carbons (Fsp3) is 0.368. The van der Waals surface area contributed by atoms with E-state index in [0.717, 1.165) is 22.4 Å². The third kappa shape index (κ3) is 4.45. The van der Waals surface area contributed by atoms with Crippen LogP contribution in [0, 0.1) is 5.92 Å². The highest BCUT2D eigenvalue weighted by Crippen LogP contribution is 2.21. The smallest absolute Gasteiger partial charge is 0.310 e. The molecule has 128 valence electrons. The molecule has 0 N–H and O–H groups in total. The summed E-state index contributed by atoms with van der Waals surface area (Å²) in [6.45, 7) is 4.63. The molecule has 0 aliphatic heterocycles. The molecule has 0 radical (unpaired) electrons. The molecule has 1 heterocycles. The topological polar surface area (TPSA) is 46.6 Å². The maximum Gasteiger partial charge on any atom is 0.310 e. The minimum Gasteiger partial charge on any atom is -0.469 e. The summed E-state index contributed by atoms with van der Waals surface area (Å²) < 4.78 is 4.80. The molecule has 0 spiro atoms. The summed E-state index contributed by atoms with van der Waals surface area (Å²) in [5, 5.41) is 1.94. The minimum absolute atomic E-state index is 0.0264. The predicted molar refractivity (Wildman–Crippen MR) is 96.1 cm³/mol. The van der Waals surface area contributed by atoms with Crippen LogP contribution in [0.2, 0.25) is 0 Å². The third-order valence-electron chi connectivity index (χ3n) is 3.92. The van der Waals surface area contributed by atoms with Crippen LogP contribution in [0.25, 0.3) is 0 Å². The van der Waals surface area contributed by atoms with Crippen molar-refractivity contribution in [3.63, 3.8) is 0 Å². The number of nitrogens with zero attached hydrogens (tertiary/aromatic N) is 1. The Kier molecular flexibility index (Phi) is 6.55. The number of methoxy groups -OCH3 is 1. The summed E-state index contributed by atoms with van der Waals surface area (Å²) in [6, 6.07) is 11.8. The van der Waals surface area contributed by atoms with Crippen LogP contribution >= 0.6 is 11.3 Å². The van der Waals surface area contributed by atoms with E-state index in [4.69, 9.17) is 4.74 Å². The van der Waals surface area contributed by atoms with Gasteiger partial charge in [0.05, 0.1) is 17.9 Å². The van der Waals surface area contributed by atoms with Crippen LogP contribution in [0.1, 0.15) is 34.6 Å². The highest BCUT2D eigenvalue weighted by molar-refractivity contribution is 7.12. The minimum atomic E-state index is -0.368. The second kappa shape index (κ2) is 8.64. The molecule has 4 nitrogen and oxygen atoms in total. The maximum atomic E-state index is 13.0. The Hall–Kier alpha value is -2.14. The molecule has 0 bridgehead atoms. The summed E-state index contributed by atoms with van der Waals surface area (Å²) in [5.74, 6) is -0.697. The average molecular weight is 345 g/mol. The highest BCUT2D eigenvalue weighted by Gasteiger charge is 2.24. The molecular weight excluding hydrogens is 322 g/mol. The summed E-state index contributed by atoms with van der Waals surface area (Å²) in [7, 11) is 1.37. The van der Waals surface area contributed by atoms with Crippen molar-refractivity contribution in [2.24, 2.45) is 5.92 Å². The molecule has 1 atom stereocenters. The van der Waals surface area contributed by atoms with E-state index in [1.165, 1.54) is 18.4 Å². The second-order valence-electron chi connectivity index (χ2n) is 5.72. The van der Waals surface area contributed by atoms with E-state index >= 15 is 0 Å². The van der Waals surface area contributed by atoms with Gasteiger partial charge in [0.1, 0.15) is 0 Å². The lowest BCUT2D eigenvalue weighted by Crippen LogP contribution is -2.36. The molecule has 24 heavy (non-hydrogen) atoms. The van der Waals surface area contributed by atoms with Crippen molar-refractivity contribution >= 4 is 23.2 Å². The molecule has 0 aliphatic rings. The van der Waals surface area contributed by atoms with Gasteiger partial charge in [0.15, 0.2) is 0 Å². The molecule has 2 rings (SSSR count). The van der Waals surface area contributed by atoms with Crippen molar-refractivity contribution in [3.8, 4) is 0 Å². The lowest BCUT2D eigenvalue weighted by atomic mass is 10.1. The van der Waals surface area contributed by atoms with Crippen LogP contribution < -0.4 is 0 Å². The first kappa shape index (κ1) is 18.2. The molecule has 1 aromatic heterocycles. The Balaban J connectivity index is 2.24. The first-order valence-corrected chi connectivity index (χ1v) is 8.92. The molecule has 5 heteroatoms. The van der Waals surface area contributed by atoms with E-state index in [9.17, 15) is 9.59 Å². The van der Waals surface area contributed by atoms with Crippen molar-refractivity contribution in [3.05, 3.63) is 57.8 Å². The number of amides is 1. The van der Waals surface area contributed by atoms with Crippen LogP contribution in [-0.2, 0) is 22.5 Å². The molecule has 1 aromatic carbocycles. The first-order chi connectivity index (χ1) is 11.6. The zero-order valence-electron chi connectivity index (χ0n) is 14.3. The fourth-order valence-corrected chi connectivity index (χ4v) is 3.54. The van der Waals surface area contributed by atoms with Crippen molar-refractivity contribution in [1.29, 1.82) is 0 Å². The molecule has 0 unspecified atom stereocenters. The number of benzene rings is 1. The van der Waals surface area contributed by atoms with Gasteiger partial charge in [-0.2, -0.15) is 0 Å². The van der Waals surface area contributed by atoms with E-state index in [1.807, 2.05) is 48.7 Å². The van der Waals surface area contributed by atoms with Crippen molar-refractivity contribution in [2.45, 2.75) is 26.8 Å². The highest BCUT2D eigenvalue weighted by atomic mass is 32.1. The fourth-order valence-electron chi connectivity index (χ4n) is 2.57. The molecule has 0 aliphatic carbocycles. The predicted octanol–water partition coefficient (Wildman–Crippen LogP) is 3.76. The number of carbonyl (C=O) groups is 2. The molecule has 0 saturated carbocycles. The van der Waals surface area contributed by atoms with E-state index in [-0.39, 0.29) is 17.8 Å². The number of aryl methyl sites for hydroxylation is 1. The summed E-state index contributed by atoms with van der Waals surface area (Å²) in [6.07, 6.45) is 0.816. The lowest BCUT2D eigenvalue weighted by molar-refractivity contribution is -0.145. The number of hydrogen-bond donors (Lipinski definition) is 0. The first-order valence-electron chi connectivity index (χ1n) is 8.04. The van der Waals surface area contributed by atoms with Crippen molar-refractivity contribution in [1.82, 2.24) is 4.90 Å². The summed E-state index contributed by atoms with van der Waals surface area (Å²) in [5.41, 5.74) is 2.09. The van der Waals surface area contributed by atoms with Crippen molar-refractivity contribution in [2.75, 3.05) is 13.7 Å². The van der Waals surface area contributed by atoms with Gasteiger partial charge in [-0.15, -0.1) is 11.3 Å². The number of rotatable bonds is 7. The van der Waals surface area contributed by atoms with Crippen molar-refractivity contribution < 1.29 is 14.3 Å². The molecule has 2 aromatic rings. The van der Waals surface area contributed by atoms with Gasteiger partial charge in [0.25, 0.3) is 5.91 Å². The second-order valence-corrected chi connectivity index (χ2v) is 6.64. The van der Waals surface area contributed by atoms with Crippen LogP contribution in [0.4, 0.5) is 0 Å². The number of hydrogen-bond acceptors (Lipinski definition) is 4. The zero-order chi connectivity index (χ0) is 17.5. The van der Waals surface area contributed by atoms with Gasteiger partial charge in [0, 0.05) is 13.1 Å². The molecule has 1 amide bonds. The van der Waals surface area contributed by atoms with E-state index in [2.05, 4.69) is 0 Å². The summed E-state index contributed by atoms with van der Waals surface area (Å²) in [4.78, 5) is 27.3. The van der Waals surface area contributed by atoms with Gasteiger partial charge in [0.2, 0.25) is 0 Å². The molecular formula is C19H23NO3S. The Morgan fingerprint density at radius 2 is 1.92 bits per heavy atom. The van der Waals surface area contributed by atoms with Gasteiger partial charge in [-0.3, -0.25) is 9.59 Å². The van der Waals surface area contributed by atoms with Crippen LogP contribution in [0.5, 0.6) is 0 Å². The molecule has 0 fully saturated rings. The largest absolute Gasteiger partial charge is 0.469 e. The lowest BCUT2D eigenvalue weighted by Gasteiger charge is -2.25. The quantitative estimate of drug-likeness (QED) is 0.718. The monoisotopic (exact) mass is 345 g/mol. The SMILES string of the molecule is CCc1ccsc1C(=O)N(Cc1ccccc1)C[C@@H](C)C(=O)OC. The summed E-state index contributed by atoms with van der Waals surface area (Å²) >= 11 is 1.45. The number of carbonyl (C=O) groups excluding carboxylic acids is 2. The third-order valence-corrected chi connectivity index (χ3v) is 4.87. The van der Waals surface area contributed by atoms with E-state index < -0.39 is 0 Å². The zero-order valence-corrected chi connectivity index (χ0v) is 15.1. The van der Waals surface area contributed by atoms with Gasteiger partial charge < -0.3 is 9.64 Å². The van der Waals surface area contributed by atoms with Crippen LogP contribution in [-0.4, -0.2) is 30.4 Å². The average Bonchev–Trinajstić information content (AvgIpc) is 3.09. The Morgan fingerprint density at radius 1 is 1.21 bits per heavy atom. The maximum absolute atomic E-state index is 13.0. The standard InChI is InChI=1S/C19H23NO3S/c1-4-16-10-11-24-17(16)18(21)20(12-14(2)19(22)23-3)13-15-8-6-5-7-9-15/h5-11,14H,4,12-13H2,1-3H3/t14-/m1/s1. The van der Waals surface area contributed by atoms with Crippen LogP contribution in [0.15, 0.2) is 41.8 Å². The number of thiophene rings is 1. The Labute approximate surface area is 147 Å². The molecule has 0 saturated heterocycles. The Bertz CT molecular complexity index is 681. The van der Waals surface area contributed by atoms with Gasteiger partial charge >= 0.3 is 5.97 Å². The van der Waals surface area contributed by atoms with Gasteiger partial charge in [-0.1, -0.05) is 44.2 Å². The van der Waals surface area contributed by atoms with E-state index in [1.54, 1.807) is 11.8 Å². The van der Waals surface area contributed by atoms with Crippen LogP contribution in [0.3, 0.4) is 0 Å². The van der Waals surface area contributed by atoms with Gasteiger partial charge in [-0.05, 0) is 29.0 Å². The van der Waals surface area contributed by atoms with Gasteiger partial charge in [-0.25, -0.2) is 0 Å². The number of ether oxygens (including phenoxy) is 1. The Morgan fingerprint density at radius 3 is 2.54 bits per heavy atom. The normalized spacial score (nSPS) is 11.8. The van der Waals surface area contributed by atoms with E-state index in [0.29, 0.717) is 13.1 Å².